The molecule has 0 spiro atoms. The van der Waals surface area contributed by atoms with Gasteiger partial charge in [0.25, 0.3) is 5.91 Å². The molecule has 0 atom stereocenters. The van der Waals surface area contributed by atoms with Gasteiger partial charge in [0.15, 0.2) is 6.54 Å². The van der Waals surface area contributed by atoms with Crippen LogP contribution < -0.4 is 10.2 Å². The Morgan fingerprint density at radius 3 is 2.41 bits per heavy atom. The minimum absolute atomic E-state index is 0.101. The number of carbonyl (C=O) groups is 2. The van der Waals surface area contributed by atoms with Crippen LogP contribution in [0.25, 0.3) is 0 Å². The van der Waals surface area contributed by atoms with Crippen molar-refractivity contribution in [1.29, 1.82) is 0 Å². The van der Waals surface area contributed by atoms with Crippen LogP contribution in [0.4, 0.5) is 10.1 Å². The fourth-order valence-corrected chi connectivity index (χ4v) is 3.30. The van der Waals surface area contributed by atoms with Gasteiger partial charge in [-0.05, 0) is 42.3 Å². The van der Waals surface area contributed by atoms with Crippen molar-refractivity contribution in [3.05, 3.63) is 65.5 Å². The average Bonchev–Trinajstić information content (AvgIpc) is 2.66. The lowest BCUT2D eigenvalue weighted by atomic mass is 10.1. The monoisotopic (exact) mass is 370 g/mol. The Labute approximate surface area is 158 Å². The summed E-state index contributed by atoms with van der Waals surface area (Å²) in [5.74, 6) is -0.291. The van der Waals surface area contributed by atoms with Crippen molar-refractivity contribution >= 4 is 17.5 Å². The van der Waals surface area contributed by atoms with E-state index >= 15 is 0 Å². The molecule has 0 aliphatic carbocycles. The second-order valence-electron chi connectivity index (χ2n) is 6.97. The molecule has 0 bridgehead atoms. The van der Waals surface area contributed by atoms with E-state index in [1.807, 2.05) is 36.1 Å². The van der Waals surface area contributed by atoms with E-state index in [2.05, 4.69) is 5.32 Å². The molecule has 2 amide bonds. The predicted molar refractivity (Wildman–Crippen MR) is 102 cm³/mol. The fraction of sp³-hybridized carbons (Fsp3) is 0.333. The maximum atomic E-state index is 12.9. The molecular formula is C21H25FN3O2+. The maximum Gasteiger partial charge on any atom is 0.279 e. The highest BCUT2D eigenvalue weighted by atomic mass is 19.1. The van der Waals surface area contributed by atoms with Crippen LogP contribution in [-0.4, -0.2) is 49.4 Å². The smallest absolute Gasteiger partial charge is 0.279 e. The molecule has 142 valence electrons. The van der Waals surface area contributed by atoms with Gasteiger partial charge in [-0.25, -0.2) is 4.39 Å². The summed E-state index contributed by atoms with van der Waals surface area (Å²) in [6.45, 7) is 5.17. The van der Waals surface area contributed by atoms with Crippen LogP contribution in [0.1, 0.15) is 11.1 Å². The summed E-state index contributed by atoms with van der Waals surface area (Å²) in [6, 6.07) is 13.7. The van der Waals surface area contributed by atoms with Crippen LogP contribution in [0, 0.1) is 12.7 Å². The van der Waals surface area contributed by atoms with Crippen molar-refractivity contribution in [1.82, 2.24) is 4.90 Å². The molecule has 2 aromatic rings. The Balaban J connectivity index is 1.44. The van der Waals surface area contributed by atoms with Crippen molar-refractivity contribution in [2.24, 2.45) is 0 Å². The van der Waals surface area contributed by atoms with E-state index in [0.717, 1.165) is 29.1 Å². The molecule has 1 saturated heterocycles. The number of quaternary nitrogens is 1. The predicted octanol–water partition coefficient (Wildman–Crippen LogP) is 1.04. The van der Waals surface area contributed by atoms with Crippen molar-refractivity contribution in [3.8, 4) is 0 Å². The number of aryl methyl sites for hydroxylation is 1. The number of amides is 2. The molecule has 2 N–H and O–H groups in total. The number of halogens is 1. The van der Waals surface area contributed by atoms with E-state index in [9.17, 15) is 14.0 Å². The molecule has 2 aromatic carbocycles. The molecule has 0 saturated carbocycles. The molecule has 6 heteroatoms. The summed E-state index contributed by atoms with van der Waals surface area (Å²) in [7, 11) is 0. The highest BCUT2D eigenvalue weighted by molar-refractivity contribution is 5.91. The number of hydrogen-bond acceptors (Lipinski definition) is 2. The quantitative estimate of drug-likeness (QED) is 0.827. The minimum atomic E-state index is -0.329. The number of hydrogen-bond donors (Lipinski definition) is 2. The Kier molecular flexibility index (Phi) is 6.19. The van der Waals surface area contributed by atoms with Gasteiger partial charge in [-0.3, -0.25) is 9.59 Å². The normalized spacial score (nSPS) is 14.8. The van der Waals surface area contributed by atoms with Gasteiger partial charge in [0, 0.05) is 5.69 Å². The minimum Gasteiger partial charge on any atom is -0.331 e. The fourth-order valence-electron chi connectivity index (χ4n) is 3.30. The molecule has 1 aliphatic heterocycles. The van der Waals surface area contributed by atoms with Crippen LogP contribution in [-0.2, 0) is 16.0 Å². The van der Waals surface area contributed by atoms with Crippen molar-refractivity contribution < 1.29 is 18.9 Å². The van der Waals surface area contributed by atoms with Crippen LogP contribution in [0.15, 0.2) is 48.5 Å². The second-order valence-corrected chi connectivity index (χ2v) is 6.97. The first-order chi connectivity index (χ1) is 13.0. The van der Waals surface area contributed by atoms with Gasteiger partial charge in [-0.1, -0.05) is 24.3 Å². The van der Waals surface area contributed by atoms with Gasteiger partial charge in [-0.2, -0.15) is 0 Å². The molecule has 0 unspecified atom stereocenters. The third-order valence-corrected chi connectivity index (χ3v) is 4.96. The first kappa shape index (κ1) is 19.0. The van der Waals surface area contributed by atoms with Crippen molar-refractivity contribution in [2.45, 2.75) is 13.3 Å². The van der Waals surface area contributed by atoms with Gasteiger partial charge in [0.05, 0.1) is 32.6 Å². The Morgan fingerprint density at radius 2 is 1.74 bits per heavy atom. The number of rotatable bonds is 5. The largest absolute Gasteiger partial charge is 0.331 e. The number of benzene rings is 2. The number of nitrogens with one attached hydrogen (secondary N) is 2. The maximum absolute atomic E-state index is 12.9. The van der Waals surface area contributed by atoms with E-state index in [0.29, 0.717) is 31.7 Å². The van der Waals surface area contributed by atoms with E-state index in [1.165, 1.54) is 12.1 Å². The van der Waals surface area contributed by atoms with Gasteiger partial charge >= 0.3 is 0 Å². The molecule has 0 aromatic heterocycles. The van der Waals surface area contributed by atoms with E-state index in [4.69, 9.17) is 0 Å². The van der Waals surface area contributed by atoms with E-state index in [1.54, 1.807) is 12.1 Å². The summed E-state index contributed by atoms with van der Waals surface area (Å²) in [4.78, 5) is 27.7. The number of nitrogens with zero attached hydrogens (tertiary/aromatic N) is 1. The summed E-state index contributed by atoms with van der Waals surface area (Å²) in [5.41, 5.74) is 2.79. The number of carbonyl (C=O) groups excluding carboxylic acids is 2. The molecule has 0 radical (unpaired) electrons. The van der Waals surface area contributed by atoms with Gasteiger partial charge < -0.3 is 15.1 Å². The van der Waals surface area contributed by atoms with Gasteiger partial charge in [0.1, 0.15) is 5.82 Å². The second kappa shape index (κ2) is 8.77. The highest BCUT2D eigenvalue weighted by Gasteiger charge is 2.25. The molecule has 1 fully saturated rings. The lowest BCUT2D eigenvalue weighted by molar-refractivity contribution is -0.895. The van der Waals surface area contributed by atoms with E-state index in [-0.39, 0.29) is 17.6 Å². The summed E-state index contributed by atoms with van der Waals surface area (Å²) in [5, 5.41) is 2.78. The molecular weight excluding hydrogens is 345 g/mol. The van der Waals surface area contributed by atoms with Gasteiger partial charge in [-0.15, -0.1) is 0 Å². The third kappa shape index (κ3) is 5.37. The SMILES string of the molecule is Cc1ccccc1CC(=O)N1CC[NH+](CC(=O)Nc2ccc(F)cc2)CC1. The summed E-state index contributed by atoms with van der Waals surface area (Å²) < 4.78 is 12.9. The Bertz CT molecular complexity index is 799. The lowest BCUT2D eigenvalue weighted by Crippen LogP contribution is -3.15. The van der Waals surface area contributed by atoms with Crippen LogP contribution in [0.5, 0.6) is 0 Å². The highest BCUT2D eigenvalue weighted by Crippen LogP contribution is 2.10. The molecule has 27 heavy (non-hydrogen) atoms. The summed E-state index contributed by atoms with van der Waals surface area (Å²) in [6.07, 6.45) is 0.424. The van der Waals surface area contributed by atoms with Gasteiger partial charge in [0.2, 0.25) is 5.91 Å². The number of piperazine rings is 1. The topological polar surface area (TPSA) is 53.9 Å². The van der Waals surface area contributed by atoms with E-state index < -0.39 is 0 Å². The zero-order valence-electron chi connectivity index (χ0n) is 15.5. The van der Waals surface area contributed by atoms with Crippen molar-refractivity contribution in [2.75, 3.05) is 38.0 Å². The molecule has 5 nitrogen and oxygen atoms in total. The first-order valence-electron chi connectivity index (χ1n) is 9.22. The van der Waals surface area contributed by atoms with Crippen LogP contribution >= 0.6 is 0 Å². The zero-order valence-corrected chi connectivity index (χ0v) is 15.5. The number of anilines is 1. The summed E-state index contributed by atoms with van der Waals surface area (Å²) >= 11 is 0. The average molecular weight is 370 g/mol. The van der Waals surface area contributed by atoms with Crippen molar-refractivity contribution in [3.63, 3.8) is 0 Å². The first-order valence-corrected chi connectivity index (χ1v) is 9.22. The molecule has 3 rings (SSSR count). The Hall–Kier alpha value is -2.73. The Morgan fingerprint density at radius 1 is 1.07 bits per heavy atom. The third-order valence-electron chi connectivity index (χ3n) is 4.96. The van der Waals surface area contributed by atoms with Crippen LogP contribution in [0.2, 0.25) is 0 Å². The zero-order chi connectivity index (χ0) is 19.2. The van der Waals surface area contributed by atoms with Crippen LogP contribution in [0.3, 0.4) is 0 Å². The standard InChI is InChI=1S/C21H24FN3O2/c1-16-4-2-3-5-17(16)14-21(27)25-12-10-24(11-13-25)15-20(26)23-19-8-6-18(22)7-9-19/h2-9H,10-15H2,1H3,(H,23,26)/p+1. The molecule has 1 aliphatic rings. The molecule has 1 heterocycles. The lowest BCUT2D eigenvalue weighted by Gasteiger charge is -2.32.